The molecule has 0 aliphatic rings. The number of furan rings is 1. The van der Waals surface area contributed by atoms with Crippen molar-refractivity contribution in [2.24, 2.45) is 0 Å². The number of aryl methyl sites for hydroxylation is 1. The molecule has 0 bridgehead atoms. The summed E-state index contributed by atoms with van der Waals surface area (Å²) < 4.78 is 12.5. The SMILES string of the molecule is CCCn1ncc(OC)c1C(NC)c1ccoc1Cl. The number of nitrogens with one attached hydrogen (secondary N) is 1. The van der Waals surface area contributed by atoms with Gasteiger partial charge < -0.3 is 14.5 Å². The van der Waals surface area contributed by atoms with E-state index in [1.807, 2.05) is 17.8 Å². The summed E-state index contributed by atoms with van der Waals surface area (Å²) in [4.78, 5) is 0. The molecule has 5 nitrogen and oxygen atoms in total. The zero-order valence-corrected chi connectivity index (χ0v) is 12.1. The fraction of sp³-hybridized carbons (Fsp3) is 0.462. The molecule has 2 heterocycles. The Morgan fingerprint density at radius 3 is 2.89 bits per heavy atom. The van der Waals surface area contributed by atoms with E-state index in [0.717, 1.165) is 30.0 Å². The van der Waals surface area contributed by atoms with Crippen molar-refractivity contribution >= 4 is 11.6 Å². The van der Waals surface area contributed by atoms with Gasteiger partial charge in [-0.3, -0.25) is 4.68 Å². The summed E-state index contributed by atoms with van der Waals surface area (Å²) in [5, 5.41) is 7.98. The topological polar surface area (TPSA) is 52.2 Å². The molecule has 0 saturated heterocycles. The highest BCUT2D eigenvalue weighted by molar-refractivity contribution is 6.29. The highest BCUT2D eigenvalue weighted by atomic mass is 35.5. The van der Waals surface area contributed by atoms with Gasteiger partial charge in [-0.05, 0) is 31.1 Å². The van der Waals surface area contributed by atoms with Gasteiger partial charge in [-0.2, -0.15) is 5.10 Å². The quantitative estimate of drug-likeness (QED) is 0.886. The average Bonchev–Trinajstić information content (AvgIpc) is 3.00. The van der Waals surface area contributed by atoms with Crippen LogP contribution in [0.5, 0.6) is 5.75 Å². The number of hydrogen-bond acceptors (Lipinski definition) is 4. The molecule has 0 fully saturated rings. The highest BCUT2D eigenvalue weighted by Gasteiger charge is 2.25. The largest absolute Gasteiger partial charge is 0.493 e. The molecule has 6 heteroatoms. The lowest BCUT2D eigenvalue weighted by atomic mass is 10.1. The molecule has 0 radical (unpaired) electrons. The minimum absolute atomic E-state index is 0.116. The zero-order valence-electron chi connectivity index (χ0n) is 11.3. The van der Waals surface area contributed by atoms with Crippen LogP contribution in [0.25, 0.3) is 0 Å². The Balaban J connectivity index is 2.48. The second-order valence-corrected chi connectivity index (χ2v) is 4.54. The van der Waals surface area contributed by atoms with E-state index in [4.69, 9.17) is 20.8 Å². The fourth-order valence-corrected chi connectivity index (χ4v) is 2.39. The van der Waals surface area contributed by atoms with Crippen LogP contribution in [0.2, 0.25) is 5.22 Å². The zero-order chi connectivity index (χ0) is 13.8. The number of nitrogens with zero attached hydrogens (tertiary/aromatic N) is 2. The van der Waals surface area contributed by atoms with Gasteiger partial charge in [0.15, 0.2) is 11.0 Å². The Morgan fingerprint density at radius 1 is 1.58 bits per heavy atom. The van der Waals surface area contributed by atoms with Crippen LogP contribution in [-0.2, 0) is 6.54 Å². The van der Waals surface area contributed by atoms with Crippen LogP contribution in [0.15, 0.2) is 22.9 Å². The first-order valence-corrected chi connectivity index (χ1v) is 6.60. The van der Waals surface area contributed by atoms with Crippen LogP contribution in [0.3, 0.4) is 0 Å². The third-order valence-corrected chi connectivity index (χ3v) is 3.33. The van der Waals surface area contributed by atoms with Gasteiger partial charge in [0.2, 0.25) is 0 Å². The minimum Gasteiger partial charge on any atom is -0.493 e. The van der Waals surface area contributed by atoms with E-state index >= 15 is 0 Å². The Morgan fingerprint density at radius 2 is 2.37 bits per heavy atom. The van der Waals surface area contributed by atoms with E-state index < -0.39 is 0 Å². The molecule has 0 spiro atoms. The molecule has 2 rings (SSSR count). The summed E-state index contributed by atoms with van der Waals surface area (Å²) in [5.74, 6) is 0.741. The van der Waals surface area contributed by atoms with Gasteiger partial charge >= 0.3 is 0 Å². The van der Waals surface area contributed by atoms with E-state index in [2.05, 4.69) is 17.3 Å². The first-order chi connectivity index (χ1) is 9.22. The maximum absolute atomic E-state index is 6.08. The second kappa shape index (κ2) is 6.12. The molecule has 0 aromatic carbocycles. The van der Waals surface area contributed by atoms with Gasteiger partial charge in [-0.15, -0.1) is 0 Å². The lowest BCUT2D eigenvalue weighted by Crippen LogP contribution is -2.22. The van der Waals surface area contributed by atoms with Gasteiger partial charge in [-0.1, -0.05) is 6.92 Å². The first-order valence-electron chi connectivity index (χ1n) is 6.22. The monoisotopic (exact) mass is 283 g/mol. The number of ether oxygens (including phenoxy) is 1. The lowest BCUT2D eigenvalue weighted by Gasteiger charge is -2.18. The van der Waals surface area contributed by atoms with Gasteiger partial charge in [0.1, 0.15) is 5.69 Å². The molecule has 104 valence electrons. The van der Waals surface area contributed by atoms with E-state index in [9.17, 15) is 0 Å². The van der Waals surface area contributed by atoms with Crippen LogP contribution < -0.4 is 10.1 Å². The maximum Gasteiger partial charge on any atom is 0.198 e. The van der Waals surface area contributed by atoms with Crippen LogP contribution >= 0.6 is 11.6 Å². The predicted molar refractivity (Wildman–Crippen MR) is 73.7 cm³/mol. The van der Waals surface area contributed by atoms with Gasteiger partial charge in [0.05, 0.1) is 25.6 Å². The number of hydrogen-bond donors (Lipinski definition) is 1. The van der Waals surface area contributed by atoms with Crippen molar-refractivity contribution in [2.75, 3.05) is 14.2 Å². The normalized spacial score (nSPS) is 12.6. The van der Waals surface area contributed by atoms with Gasteiger partial charge in [0.25, 0.3) is 0 Å². The van der Waals surface area contributed by atoms with Gasteiger partial charge in [0, 0.05) is 12.1 Å². The van der Waals surface area contributed by atoms with E-state index in [0.29, 0.717) is 5.22 Å². The molecule has 0 amide bonds. The smallest absolute Gasteiger partial charge is 0.198 e. The summed E-state index contributed by atoms with van der Waals surface area (Å²) in [7, 11) is 3.51. The number of aromatic nitrogens is 2. The van der Waals surface area contributed by atoms with Crippen LogP contribution in [0.4, 0.5) is 0 Å². The van der Waals surface area contributed by atoms with E-state index in [1.165, 1.54) is 0 Å². The predicted octanol–water partition coefficient (Wildman–Crippen LogP) is 2.86. The molecule has 0 aliphatic heterocycles. The minimum atomic E-state index is -0.116. The Labute approximate surface area is 117 Å². The van der Waals surface area contributed by atoms with Crippen molar-refractivity contribution in [3.8, 4) is 5.75 Å². The van der Waals surface area contributed by atoms with Crippen molar-refractivity contribution in [2.45, 2.75) is 25.9 Å². The number of halogens is 1. The molecular formula is C13H18ClN3O2. The maximum atomic E-state index is 6.08. The molecule has 19 heavy (non-hydrogen) atoms. The highest BCUT2D eigenvalue weighted by Crippen LogP contribution is 2.34. The molecule has 0 saturated carbocycles. The number of methoxy groups -OCH3 is 1. The molecule has 1 N–H and O–H groups in total. The molecule has 0 aliphatic carbocycles. The summed E-state index contributed by atoms with van der Waals surface area (Å²) in [6.45, 7) is 2.93. The van der Waals surface area contributed by atoms with Crippen molar-refractivity contribution in [1.29, 1.82) is 0 Å². The fourth-order valence-electron chi connectivity index (χ4n) is 2.17. The van der Waals surface area contributed by atoms with E-state index in [-0.39, 0.29) is 6.04 Å². The first kappa shape index (κ1) is 14.0. The summed E-state index contributed by atoms with van der Waals surface area (Å²) in [6, 6.07) is 1.74. The third kappa shape index (κ3) is 2.62. The van der Waals surface area contributed by atoms with Crippen molar-refractivity contribution in [1.82, 2.24) is 15.1 Å². The second-order valence-electron chi connectivity index (χ2n) is 4.19. The summed E-state index contributed by atoms with van der Waals surface area (Å²) in [5.41, 5.74) is 1.83. The summed E-state index contributed by atoms with van der Waals surface area (Å²) >= 11 is 6.08. The third-order valence-electron chi connectivity index (χ3n) is 3.02. The van der Waals surface area contributed by atoms with Crippen molar-refractivity contribution in [3.63, 3.8) is 0 Å². The molecular weight excluding hydrogens is 266 g/mol. The lowest BCUT2D eigenvalue weighted by molar-refractivity contribution is 0.400. The van der Waals surface area contributed by atoms with E-state index in [1.54, 1.807) is 19.6 Å². The molecule has 1 atom stereocenters. The summed E-state index contributed by atoms with van der Waals surface area (Å²) in [6.07, 6.45) is 4.30. The standard InChI is InChI=1S/C13H18ClN3O2/c1-4-6-17-12(10(18-3)8-16-17)11(15-2)9-5-7-19-13(9)14/h5,7-8,11,15H,4,6H2,1-3H3. The molecule has 2 aromatic heterocycles. The van der Waals surface area contributed by atoms with Crippen LogP contribution in [0, 0.1) is 0 Å². The number of rotatable bonds is 6. The molecule has 1 unspecified atom stereocenters. The Hall–Kier alpha value is -1.46. The average molecular weight is 284 g/mol. The van der Waals surface area contributed by atoms with Crippen molar-refractivity contribution < 1.29 is 9.15 Å². The Bertz CT molecular complexity index is 536. The Kier molecular flexibility index (Phi) is 4.50. The van der Waals surface area contributed by atoms with Gasteiger partial charge in [-0.25, -0.2) is 0 Å². The molecule has 2 aromatic rings. The van der Waals surface area contributed by atoms with Crippen LogP contribution in [-0.4, -0.2) is 23.9 Å². The van der Waals surface area contributed by atoms with Crippen LogP contribution in [0.1, 0.15) is 30.6 Å². The van der Waals surface area contributed by atoms with Crippen molar-refractivity contribution in [3.05, 3.63) is 35.0 Å².